The Hall–Kier alpha value is -1.46. The molecule has 0 unspecified atom stereocenters. The zero-order chi connectivity index (χ0) is 11.5. The largest absolute Gasteiger partial charge is 0.378 e. The first-order valence-corrected chi connectivity index (χ1v) is 5.77. The second-order valence-corrected chi connectivity index (χ2v) is 4.23. The SMILES string of the molecule is COCc1cc(=O)[nH]c(-c2cscc2C)n1. The van der Waals surface area contributed by atoms with Crippen molar-refractivity contribution in [3.63, 3.8) is 0 Å². The standard InChI is InChI=1S/C11H12N2O2S/c1-7-5-16-6-9(7)11-12-8(4-15-2)3-10(14)13-11/h3,5-6H,4H2,1-2H3,(H,12,13,14). The van der Waals surface area contributed by atoms with Crippen molar-refractivity contribution in [1.29, 1.82) is 0 Å². The van der Waals surface area contributed by atoms with Crippen LogP contribution in [0.4, 0.5) is 0 Å². The Labute approximate surface area is 96.9 Å². The second kappa shape index (κ2) is 4.59. The number of hydrogen-bond donors (Lipinski definition) is 1. The molecule has 0 amide bonds. The smallest absolute Gasteiger partial charge is 0.251 e. The monoisotopic (exact) mass is 236 g/mol. The van der Waals surface area contributed by atoms with Crippen LogP contribution < -0.4 is 5.56 Å². The van der Waals surface area contributed by atoms with Gasteiger partial charge in [-0.05, 0) is 17.9 Å². The van der Waals surface area contributed by atoms with Gasteiger partial charge in [0.15, 0.2) is 0 Å². The molecule has 0 aliphatic carbocycles. The minimum atomic E-state index is -0.150. The number of nitrogens with zero attached hydrogens (tertiary/aromatic N) is 1. The molecule has 2 aromatic heterocycles. The lowest BCUT2D eigenvalue weighted by atomic mass is 10.2. The topological polar surface area (TPSA) is 55.0 Å². The van der Waals surface area contributed by atoms with Gasteiger partial charge >= 0.3 is 0 Å². The van der Waals surface area contributed by atoms with Gasteiger partial charge in [-0.1, -0.05) is 0 Å². The summed E-state index contributed by atoms with van der Waals surface area (Å²) < 4.78 is 4.97. The van der Waals surface area contributed by atoms with Crippen LogP contribution in [-0.2, 0) is 11.3 Å². The molecule has 1 N–H and O–H groups in total. The van der Waals surface area contributed by atoms with Gasteiger partial charge in [0.25, 0.3) is 5.56 Å². The minimum absolute atomic E-state index is 0.150. The van der Waals surface area contributed by atoms with E-state index in [0.717, 1.165) is 11.1 Å². The van der Waals surface area contributed by atoms with Crippen molar-refractivity contribution < 1.29 is 4.74 Å². The van der Waals surface area contributed by atoms with E-state index in [2.05, 4.69) is 9.97 Å². The van der Waals surface area contributed by atoms with Crippen molar-refractivity contribution in [3.8, 4) is 11.4 Å². The molecule has 0 atom stereocenters. The van der Waals surface area contributed by atoms with E-state index in [1.54, 1.807) is 18.4 Å². The van der Waals surface area contributed by atoms with Crippen molar-refractivity contribution in [3.05, 3.63) is 38.4 Å². The first-order valence-electron chi connectivity index (χ1n) is 4.83. The van der Waals surface area contributed by atoms with Crippen molar-refractivity contribution in [1.82, 2.24) is 9.97 Å². The van der Waals surface area contributed by atoms with Gasteiger partial charge in [-0.15, -0.1) is 0 Å². The van der Waals surface area contributed by atoms with E-state index in [-0.39, 0.29) is 5.56 Å². The summed E-state index contributed by atoms with van der Waals surface area (Å²) in [6.45, 7) is 2.34. The lowest BCUT2D eigenvalue weighted by Crippen LogP contribution is -2.10. The summed E-state index contributed by atoms with van der Waals surface area (Å²) in [5.41, 5.74) is 2.58. The maximum atomic E-state index is 11.4. The average Bonchev–Trinajstić information content (AvgIpc) is 2.64. The number of aromatic nitrogens is 2. The summed E-state index contributed by atoms with van der Waals surface area (Å²) in [5.74, 6) is 0.610. The quantitative estimate of drug-likeness (QED) is 0.886. The molecule has 0 aliphatic rings. The van der Waals surface area contributed by atoms with Crippen LogP contribution in [0, 0.1) is 6.92 Å². The normalized spacial score (nSPS) is 10.6. The average molecular weight is 236 g/mol. The van der Waals surface area contributed by atoms with E-state index in [1.165, 1.54) is 6.07 Å². The third-order valence-corrected chi connectivity index (χ3v) is 3.06. The highest BCUT2D eigenvalue weighted by atomic mass is 32.1. The van der Waals surface area contributed by atoms with E-state index in [9.17, 15) is 4.79 Å². The number of rotatable bonds is 3. The fourth-order valence-corrected chi connectivity index (χ4v) is 2.29. The molecule has 0 fully saturated rings. The Bertz CT molecular complexity index is 545. The molecule has 5 heteroatoms. The lowest BCUT2D eigenvalue weighted by Gasteiger charge is -2.03. The van der Waals surface area contributed by atoms with Gasteiger partial charge in [0, 0.05) is 24.1 Å². The molecule has 2 heterocycles. The van der Waals surface area contributed by atoms with Crippen LogP contribution in [0.25, 0.3) is 11.4 Å². The Kier molecular flexibility index (Phi) is 3.17. The Morgan fingerprint density at radius 1 is 1.50 bits per heavy atom. The molecule has 16 heavy (non-hydrogen) atoms. The van der Waals surface area contributed by atoms with Crippen LogP contribution in [0.15, 0.2) is 21.6 Å². The third-order valence-electron chi connectivity index (χ3n) is 2.20. The summed E-state index contributed by atoms with van der Waals surface area (Å²) in [5, 5.41) is 4.00. The molecule has 0 aliphatic heterocycles. The lowest BCUT2D eigenvalue weighted by molar-refractivity contribution is 0.181. The molecule has 0 spiro atoms. The van der Waals surface area contributed by atoms with Gasteiger partial charge in [0.2, 0.25) is 0 Å². The summed E-state index contributed by atoms with van der Waals surface area (Å²) in [7, 11) is 1.58. The van der Waals surface area contributed by atoms with Crippen molar-refractivity contribution in [2.75, 3.05) is 7.11 Å². The number of aromatic amines is 1. The summed E-state index contributed by atoms with van der Waals surface area (Å²) >= 11 is 1.59. The molecule has 2 rings (SSSR count). The van der Waals surface area contributed by atoms with Crippen LogP contribution in [-0.4, -0.2) is 17.1 Å². The summed E-state index contributed by atoms with van der Waals surface area (Å²) in [4.78, 5) is 18.5. The number of methoxy groups -OCH3 is 1. The number of ether oxygens (including phenoxy) is 1. The van der Waals surface area contributed by atoms with Crippen LogP contribution >= 0.6 is 11.3 Å². The highest BCUT2D eigenvalue weighted by Crippen LogP contribution is 2.22. The predicted octanol–water partition coefficient (Wildman–Crippen LogP) is 1.95. The van der Waals surface area contributed by atoms with Gasteiger partial charge in [-0.3, -0.25) is 4.79 Å². The first kappa shape index (κ1) is 11.0. The third kappa shape index (κ3) is 2.20. The number of nitrogens with one attached hydrogen (secondary N) is 1. The van der Waals surface area contributed by atoms with Gasteiger partial charge in [0.1, 0.15) is 5.82 Å². The predicted molar refractivity (Wildman–Crippen MR) is 63.6 cm³/mol. The van der Waals surface area contributed by atoms with Gasteiger partial charge in [-0.25, -0.2) is 4.98 Å². The highest BCUT2D eigenvalue weighted by Gasteiger charge is 2.07. The number of hydrogen-bond acceptors (Lipinski definition) is 4. The molecule has 4 nitrogen and oxygen atoms in total. The van der Waals surface area contributed by atoms with E-state index < -0.39 is 0 Å². The maximum Gasteiger partial charge on any atom is 0.251 e. The molecule has 0 bridgehead atoms. The number of H-pyrrole nitrogens is 1. The first-order chi connectivity index (χ1) is 7.70. The number of aryl methyl sites for hydroxylation is 1. The fraction of sp³-hybridized carbons (Fsp3) is 0.273. The van der Waals surface area contributed by atoms with Crippen LogP contribution in [0.2, 0.25) is 0 Å². The van der Waals surface area contributed by atoms with Crippen molar-refractivity contribution >= 4 is 11.3 Å². The van der Waals surface area contributed by atoms with Gasteiger partial charge in [-0.2, -0.15) is 11.3 Å². The molecule has 84 valence electrons. The Morgan fingerprint density at radius 3 is 2.94 bits per heavy atom. The molecular weight excluding hydrogens is 224 g/mol. The van der Waals surface area contributed by atoms with Crippen molar-refractivity contribution in [2.24, 2.45) is 0 Å². The number of thiophene rings is 1. The maximum absolute atomic E-state index is 11.4. The van der Waals surface area contributed by atoms with E-state index in [0.29, 0.717) is 18.1 Å². The molecule has 0 saturated heterocycles. The summed E-state index contributed by atoms with van der Waals surface area (Å²) in [6, 6.07) is 1.45. The van der Waals surface area contributed by atoms with Crippen LogP contribution in [0.1, 0.15) is 11.3 Å². The molecular formula is C11H12N2O2S. The zero-order valence-corrected chi connectivity index (χ0v) is 9.93. The van der Waals surface area contributed by atoms with Crippen LogP contribution in [0.5, 0.6) is 0 Å². The molecule has 0 saturated carbocycles. The van der Waals surface area contributed by atoms with E-state index in [1.807, 2.05) is 17.7 Å². The Balaban J connectivity index is 2.49. The summed E-state index contributed by atoms with van der Waals surface area (Å²) in [6.07, 6.45) is 0. The molecule has 0 aromatic carbocycles. The van der Waals surface area contributed by atoms with E-state index >= 15 is 0 Å². The van der Waals surface area contributed by atoms with Crippen LogP contribution in [0.3, 0.4) is 0 Å². The highest BCUT2D eigenvalue weighted by molar-refractivity contribution is 7.08. The van der Waals surface area contributed by atoms with Gasteiger partial charge in [0.05, 0.1) is 12.3 Å². The van der Waals surface area contributed by atoms with Gasteiger partial charge < -0.3 is 9.72 Å². The molecule has 0 radical (unpaired) electrons. The fourth-order valence-electron chi connectivity index (χ4n) is 1.46. The van der Waals surface area contributed by atoms with Crippen molar-refractivity contribution in [2.45, 2.75) is 13.5 Å². The minimum Gasteiger partial charge on any atom is -0.378 e. The van der Waals surface area contributed by atoms with E-state index in [4.69, 9.17) is 4.74 Å². The second-order valence-electron chi connectivity index (χ2n) is 3.49. The molecule has 2 aromatic rings. The Morgan fingerprint density at radius 2 is 2.31 bits per heavy atom. The zero-order valence-electron chi connectivity index (χ0n) is 9.11.